The molecule has 0 aliphatic rings. The molecule has 1 heteroatoms. The van der Waals surface area contributed by atoms with E-state index in [0.29, 0.717) is 12.0 Å². The summed E-state index contributed by atoms with van der Waals surface area (Å²) in [7, 11) is 0. The van der Waals surface area contributed by atoms with Crippen LogP contribution in [-0.4, -0.2) is 0 Å². The topological polar surface area (TPSA) is 0 Å². The number of hydrogen-bond acceptors (Lipinski definition) is 1. The van der Waals surface area contributed by atoms with Crippen molar-refractivity contribution in [2.45, 2.75) is 19.8 Å². The minimum atomic E-state index is 0.513. The second-order valence-corrected chi connectivity index (χ2v) is 15.3. The molecule has 1 aromatic heterocycles. The van der Waals surface area contributed by atoms with E-state index in [9.17, 15) is 0 Å². The van der Waals surface area contributed by atoms with Gasteiger partial charge in [0.2, 0.25) is 0 Å². The van der Waals surface area contributed by atoms with Gasteiger partial charge in [-0.1, -0.05) is 172 Å². The summed E-state index contributed by atoms with van der Waals surface area (Å²) in [5.41, 5.74) is 11.3. The largest absolute Gasteiger partial charge is 0.135 e. The Morgan fingerprint density at radius 2 is 1.02 bits per heavy atom. The van der Waals surface area contributed by atoms with E-state index >= 15 is 0 Å². The molecule has 0 saturated carbocycles. The van der Waals surface area contributed by atoms with E-state index in [2.05, 4.69) is 166 Å². The first-order valence-electron chi connectivity index (χ1n) is 18.6. The Labute approximate surface area is 309 Å². The molecular formula is C51H36S. The average Bonchev–Trinajstić information content (AvgIpc) is 3.58. The van der Waals surface area contributed by atoms with E-state index in [1.165, 1.54) is 91.8 Å². The minimum absolute atomic E-state index is 0.513. The highest BCUT2D eigenvalue weighted by Crippen LogP contribution is 2.45. The van der Waals surface area contributed by atoms with E-state index < -0.39 is 0 Å². The Bertz CT molecular complexity index is 2960. The van der Waals surface area contributed by atoms with Gasteiger partial charge in [0.15, 0.2) is 0 Å². The first-order valence-corrected chi connectivity index (χ1v) is 18.9. The van der Waals surface area contributed by atoms with Crippen molar-refractivity contribution in [3.63, 3.8) is 0 Å². The fourth-order valence-corrected chi connectivity index (χ4v) is 9.32. The molecule has 0 unspecified atom stereocenters. The summed E-state index contributed by atoms with van der Waals surface area (Å²) in [4.78, 5) is 0. The molecule has 10 aromatic rings. The van der Waals surface area contributed by atoms with Crippen LogP contribution in [0, 0.1) is 0 Å². The molecule has 10 rings (SSSR count). The van der Waals surface area contributed by atoms with Crippen LogP contribution in [0.1, 0.15) is 26.7 Å². The highest BCUT2D eigenvalue weighted by molar-refractivity contribution is 7.26. The van der Waals surface area contributed by atoms with Crippen LogP contribution in [-0.2, 0) is 0 Å². The molecule has 246 valence electrons. The molecule has 0 nitrogen and oxygen atoms in total. The van der Waals surface area contributed by atoms with E-state index in [4.69, 9.17) is 1.37 Å². The van der Waals surface area contributed by atoms with Gasteiger partial charge in [0.05, 0.1) is 1.37 Å². The van der Waals surface area contributed by atoms with Crippen LogP contribution in [0.3, 0.4) is 0 Å². The van der Waals surface area contributed by atoms with Gasteiger partial charge in [0, 0.05) is 20.2 Å². The lowest BCUT2D eigenvalue weighted by atomic mass is 9.85. The summed E-state index contributed by atoms with van der Waals surface area (Å²) >= 11 is 1.90. The van der Waals surface area contributed by atoms with E-state index in [-0.39, 0.29) is 0 Å². The van der Waals surface area contributed by atoms with Crippen LogP contribution < -0.4 is 0 Å². The zero-order valence-corrected chi connectivity index (χ0v) is 30.0. The summed E-state index contributed by atoms with van der Waals surface area (Å²) in [6.07, 6.45) is 0. The lowest BCUT2D eigenvalue weighted by Crippen LogP contribution is -1.91. The molecule has 0 saturated heterocycles. The van der Waals surface area contributed by atoms with Gasteiger partial charge >= 0.3 is 0 Å². The summed E-state index contributed by atoms with van der Waals surface area (Å²) < 4.78 is 10.7. The number of thiophene rings is 1. The monoisotopic (exact) mass is 681 g/mol. The van der Waals surface area contributed by atoms with Crippen molar-refractivity contribution in [1.29, 1.82) is 0 Å². The van der Waals surface area contributed by atoms with Gasteiger partial charge in [-0.15, -0.1) is 11.3 Å². The van der Waals surface area contributed by atoms with Crippen LogP contribution >= 0.6 is 11.3 Å². The van der Waals surface area contributed by atoms with Gasteiger partial charge in [0.25, 0.3) is 0 Å². The Kier molecular flexibility index (Phi) is 7.04. The molecule has 0 aliphatic heterocycles. The van der Waals surface area contributed by atoms with E-state index in [0.717, 1.165) is 10.8 Å². The predicted molar refractivity (Wildman–Crippen MR) is 228 cm³/mol. The second-order valence-electron chi connectivity index (χ2n) is 14.2. The predicted octanol–water partition coefficient (Wildman–Crippen LogP) is 15.3. The van der Waals surface area contributed by atoms with E-state index in [1.807, 2.05) is 29.5 Å². The van der Waals surface area contributed by atoms with Gasteiger partial charge < -0.3 is 0 Å². The van der Waals surface area contributed by atoms with Crippen LogP contribution in [0.25, 0.3) is 97.0 Å². The van der Waals surface area contributed by atoms with Crippen molar-refractivity contribution in [2.24, 2.45) is 0 Å². The van der Waals surface area contributed by atoms with Crippen LogP contribution in [0.15, 0.2) is 176 Å². The molecule has 9 aromatic carbocycles. The van der Waals surface area contributed by atoms with Crippen molar-refractivity contribution in [3.8, 4) is 44.5 Å². The van der Waals surface area contributed by atoms with Crippen molar-refractivity contribution in [2.75, 3.05) is 0 Å². The number of rotatable bonds is 5. The molecule has 52 heavy (non-hydrogen) atoms. The minimum Gasteiger partial charge on any atom is -0.135 e. The second kappa shape index (κ2) is 12.3. The van der Waals surface area contributed by atoms with Crippen LogP contribution in [0.4, 0.5) is 0 Å². The third-order valence-electron chi connectivity index (χ3n) is 10.8. The third kappa shape index (κ3) is 5.04. The van der Waals surface area contributed by atoms with Crippen LogP contribution in [0.2, 0.25) is 0 Å². The SMILES string of the molecule is [2H]c1ccc2cc(-c3ccc(-c4c5ccccc5c(-c5ccc(-c6cccc7sc8cc(C(C)C)ccc8c67)cc5)c5ccccc45)cc3)ccc2c1. The first kappa shape index (κ1) is 29.7. The van der Waals surface area contributed by atoms with Crippen molar-refractivity contribution in [3.05, 3.63) is 181 Å². The summed E-state index contributed by atoms with van der Waals surface area (Å²) in [5.74, 6) is 0.513. The van der Waals surface area contributed by atoms with Gasteiger partial charge in [-0.05, 0) is 107 Å². The smallest absolute Gasteiger partial charge is 0.0623 e. The van der Waals surface area contributed by atoms with E-state index in [1.54, 1.807) is 0 Å². The Morgan fingerprint density at radius 1 is 0.423 bits per heavy atom. The summed E-state index contributed by atoms with van der Waals surface area (Å²) in [6.45, 7) is 4.53. The lowest BCUT2D eigenvalue weighted by molar-refractivity contribution is 0.869. The van der Waals surface area contributed by atoms with Crippen LogP contribution in [0.5, 0.6) is 0 Å². The molecule has 0 radical (unpaired) electrons. The lowest BCUT2D eigenvalue weighted by Gasteiger charge is -2.18. The zero-order chi connectivity index (χ0) is 35.6. The third-order valence-corrected chi connectivity index (χ3v) is 11.9. The summed E-state index contributed by atoms with van der Waals surface area (Å²) in [6, 6.07) is 62.7. The molecule has 0 fully saturated rings. The highest BCUT2D eigenvalue weighted by Gasteiger charge is 2.18. The number of fused-ring (bicyclic) bond motifs is 6. The standard InChI is InChI=1S/C51H36S/c1-32(2)38-28-29-46-48(31-38)52-47-17-9-16-41(51(46)47)35-21-25-37(26-22-35)50-44-14-7-5-12-42(44)49(43-13-6-8-15-45(43)50)36-23-18-34(19-24-36)40-27-20-33-10-3-4-11-39(33)30-40/h3-32H,1-2H3/i3D. The van der Waals surface area contributed by atoms with Gasteiger partial charge in [0.1, 0.15) is 0 Å². The maximum atomic E-state index is 7.97. The fraction of sp³-hybridized carbons (Fsp3) is 0.0588. The average molecular weight is 682 g/mol. The Balaban J connectivity index is 1.08. The summed E-state index contributed by atoms with van der Waals surface area (Å²) in [5, 5.41) is 9.97. The number of hydrogen-bond donors (Lipinski definition) is 0. The fourth-order valence-electron chi connectivity index (χ4n) is 8.14. The molecule has 0 aliphatic carbocycles. The highest BCUT2D eigenvalue weighted by atomic mass is 32.1. The maximum Gasteiger partial charge on any atom is 0.0623 e. The van der Waals surface area contributed by atoms with Crippen molar-refractivity contribution in [1.82, 2.24) is 0 Å². The normalized spacial score (nSPS) is 12.1. The quantitative estimate of drug-likeness (QED) is 0.159. The van der Waals surface area contributed by atoms with Gasteiger partial charge in [-0.3, -0.25) is 0 Å². The van der Waals surface area contributed by atoms with Crippen molar-refractivity contribution >= 4 is 63.8 Å². The van der Waals surface area contributed by atoms with Crippen molar-refractivity contribution < 1.29 is 1.37 Å². The first-order chi connectivity index (χ1) is 26.0. The van der Waals surface area contributed by atoms with Gasteiger partial charge in [-0.25, -0.2) is 0 Å². The molecule has 1 heterocycles. The molecule has 0 bridgehead atoms. The molecule has 0 N–H and O–H groups in total. The molecular weight excluding hydrogens is 645 g/mol. The zero-order valence-electron chi connectivity index (χ0n) is 30.2. The molecule has 0 atom stereocenters. The van der Waals surface area contributed by atoms with Gasteiger partial charge in [-0.2, -0.15) is 0 Å². The number of benzene rings is 9. The Morgan fingerprint density at radius 3 is 1.65 bits per heavy atom. The molecule has 0 spiro atoms. The molecule has 0 amide bonds. The maximum absolute atomic E-state index is 7.97. The Hall–Kier alpha value is -6.02.